The van der Waals surface area contributed by atoms with Gasteiger partial charge in [-0.2, -0.15) is 0 Å². The lowest BCUT2D eigenvalue weighted by atomic mass is 9.79. The molecule has 2 saturated heterocycles. The average molecular weight is 381 g/mol. The zero-order valence-corrected chi connectivity index (χ0v) is 15.4. The number of methoxy groups -OCH3 is 1. The first kappa shape index (κ1) is 19.7. The van der Waals surface area contributed by atoms with Crippen molar-refractivity contribution >= 4 is 17.5 Å². The van der Waals surface area contributed by atoms with Crippen LogP contribution in [0.4, 0.5) is 14.5 Å². The van der Waals surface area contributed by atoms with Crippen LogP contribution < -0.4 is 15.5 Å². The largest absolute Gasteiger partial charge is 0.384 e. The minimum Gasteiger partial charge on any atom is -0.384 e. The van der Waals surface area contributed by atoms with Crippen molar-refractivity contribution in [1.82, 2.24) is 10.6 Å². The molecule has 2 amide bonds. The third kappa shape index (κ3) is 4.27. The number of hydrogen-bond acceptors (Lipinski definition) is 4. The molecule has 0 radical (unpaired) electrons. The average Bonchev–Trinajstić information content (AvgIpc) is 3.05. The number of nitrogens with one attached hydrogen (secondary N) is 2. The highest BCUT2D eigenvalue weighted by Gasteiger charge is 2.39. The molecule has 27 heavy (non-hydrogen) atoms. The predicted molar refractivity (Wildman–Crippen MR) is 96.2 cm³/mol. The van der Waals surface area contributed by atoms with Crippen molar-refractivity contribution in [3.8, 4) is 0 Å². The number of rotatable bonds is 6. The lowest BCUT2D eigenvalue weighted by Gasteiger charge is -2.37. The maximum Gasteiger partial charge on any atom is 0.239 e. The summed E-state index contributed by atoms with van der Waals surface area (Å²) in [4.78, 5) is 26.5. The van der Waals surface area contributed by atoms with E-state index in [0.29, 0.717) is 26.1 Å². The van der Waals surface area contributed by atoms with E-state index >= 15 is 0 Å². The normalized spacial score (nSPS) is 22.1. The van der Waals surface area contributed by atoms with Crippen molar-refractivity contribution in [3.63, 3.8) is 0 Å². The lowest BCUT2D eigenvalue weighted by Crippen LogP contribution is -2.48. The molecule has 2 aliphatic rings. The standard InChI is InChI=1S/C19H25F2N3O3/c1-27-12-19(5-7-22-8-6-19)11-23-17(25)14-4-9-24(18(14)26)13-2-3-15(20)16(21)10-13/h2-3,10,14,22H,4-9,11-12H2,1H3,(H,23,25). The molecule has 0 saturated carbocycles. The first-order chi connectivity index (χ1) is 13.0. The Labute approximate surface area is 157 Å². The number of nitrogens with zero attached hydrogens (tertiary/aromatic N) is 1. The summed E-state index contributed by atoms with van der Waals surface area (Å²) in [6.07, 6.45) is 2.13. The summed E-state index contributed by atoms with van der Waals surface area (Å²) in [7, 11) is 1.64. The fourth-order valence-corrected chi connectivity index (χ4v) is 3.87. The van der Waals surface area contributed by atoms with E-state index in [1.165, 1.54) is 11.0 Å². The number of benzene rings is 1. The quantitative estimate of drug-likeness (QED) is 0.732. The van der Waals surface area contributed by atoms with Gasteiger partial charge in [-0.15, -0.1) is 0 Å². The molecule has 1 atom stereocenters. The van der Waals surface area contributed by atoms with E-state index in [-0.39, 0.29) is 22.9 Å². The molecule has 0 aliphatic carbocycles. The molecule has 0 spiro atoms. The van der Waals surface area contributed by atoms with Gasteiger partial charge in [0, 0.05) is 37.4 Å². The highest BCUT2D eigenvalue weighted by atomic mass is 19.2. The maximum atomic E-state index is 13.4. The van der Waals surface area contributed by atoms with Crippen LogP contribution in [-0.4, -0.2) is 51.7 Å². The van der Waals surface area contributed by atoms with E-state index < -0.39 is 17.6 Å². The number of amides is 2. The zero-order chi connectivity index (χ0) is 19.4. The SMILES string of the molecule is COCC1(CNC(=O)C2CCN(c3ccc(F)c(F)c3)C2=O)CCNCC1. The Hall–Kier alpha value is -2.06. The van der Waals surface area contributed by atoms with Crippen LogP contribution in [0.5, 0.6) is 0 Å². The molecule has 8 heteroatoms. The predicted octanol–water partition coefficient (Wildman–Crippen LogP) is 1.45. The molecule has 1 aromatic rings. The molecule has 6 nitrogen and oxygen atoms in total. The van der Waals surface area contributed by atoms with Crippen molar-refractivity contribution in [2.24, 2.45) is 11.3 Å². The summed E-state index contributed by atoms with van der Waals surface area (Å²) in [6, 6.07) is 3.31. The van der Waals surface area contributed by atoms with Gasteiger partial charge >= 0.3 is 0 Å². The fraction of sp³-hybridized carbons (Fsp3) is 0.579. The molecular formula is C19H25F2N3O3. The second-order valence-corrected chi connectivity index (χ2v) is 7.33. The molecule has 0 aromatic heterocycles. The highest BCUT2D eigenvalue weighted by Crippen LogP contribution is 2.30. The molecule has 3 rings (SSSR count). The van der Waals surface area contributed by atoms with E-state index in [1.807, 2.05) is 0 Å². The second kappa shape index (κ2) is 8.31. The summed E-state index contributed by atoms with van der Waals surface area (Å²) in [5.41, 5.74) is 0.139. The van der Waals surface area contributed by atoms with Crippen LogP contribution >= 0.6 is 0 Å². The van der Waals surface area contributed by atoms with Crippen molar-refractivity contribution in [2.75, 3.05) is 44.8 Å². The number of hydrogen-bond donors (Lipinski definition) is 2. The monoisotopic (exact) mass is 381 g/mol. The van der Waals surface area contributed by atoms with Crippen molar-refractivity contribution in [2.45, 2.75) is 19.3 Å². The maximum absolute atomic E-state index is 13.4. The number of anilines is 1. The van der Waals surface area contributed by atoms with Crippen molar-refractivity contribution < 1.29 is 23.1 Å². The third-order valence-electron chi connectivity index (χ3n) is 5.49. The molecule has 148 valence electrons. The van der Waals surface area contributed by atoms with Crippen LogP contribution in [0.15, 0.2) is 18.2 Å². The van der Waals surface area contributed by atoms with Gasteiger partial charge in [0.2, 0.25) is 11.8 Å². The Bertz CT molecular complexity index is 702. The van der Waals surface area contributed by atoms with Gasteiger partial charge in [-0.25, -0.2) is 8.78 Å². The van der Waals surface area contributed by atoms with E-state index in [4.69, 9.17) is 4.74 Å². The summed E-state index contributed by atoms with van der Waals surface area (Å²) in [5.74, 6) is -3.49. The van der Waals surface area contributed by atoms with Gasteiger partial charge in [-0.3, -0.25) is 9.59 Å². The summed E-state index contributed by atoms with van der Waals surface area (Å²) < 4.78 is 31.9. The second-order valence-electron chi connectivity index (χ2n) is 7.33. The molecule has 0 bridgehead atoms. The van der Waals surface area contributed by atoms with Crippen LogP contribution in [0.25, 0.3) is 0 Å². The summed E-state index contributed by atoms with van der Waals surface area (Å²) in [5, 5.41) is 6.21. The zero-order valence-electron chi connectivity index (χ0n) is 15.4. The van der Waals surface area contributed by atoms with Crippen LogP contribution in [0.1, 0.15) is 19.3 Å². The molecule has 2 heterocycles. The third-order valence-corrected chi connectivity index (χ3v) is 5.49. The van der Waals surface area contributed by atoms with Crippen LogP contribution in [-0.2, 0) is 14.3 Å². The van der Waals surface area contributed by atoms with Crippen LogP contribution in [0.2, 0.25) is 0 Å². The van der Waals surface area contributed by atoms with Gasteiger partial charge in [0.25, 0.3) is 0 Å². The Morgan fingerprint density at radius 1 is 1.33 bits per heavy atom. The van der Waals surface area contributed by atoms with Crippen LogP contribution in [0, 0.1) is 23.0 Å². The number of carbonyl (C=O) groups is 2. The number of piperidine rings is 1. The molecule has 1 unspecified atom stereocenters. The lowest BCUT2D eigenvalue weighted by molar-refractivity contribution is -0.132. The molecule has 2 aliphatic heterocycles. The van der Waals surface area contributed by atoms with Gasteiger partial charge in [0.05, 0.1) is 6.61 Å². The fourth-order valence-electron chi connectivity index (χ4n) is 3.87. The summed E-state index contributed by atoms with van der Waals surface area (Å²) >= 11 is 0. The van der Waals surface area contributed by atoms with E-state index in [0.717, 1.165) is 38.1 Å². The van der Waals surface area contributed by atoms with Crippen LogP contribution in [0.3, 0.4) is 0 Å². The number of halogens is 2. The van der Waals surface area contributed by atoms with Gasteiger partial charge in [-0.05, 0) is 44.5 Å². The Morgan fingerprint density at radius 2 is 2.07 bits per heavy atom. The smallest absolute Gasteiger partial charge is 0.239 e. The first-order valence-electron chi connectivity index (χ1n) is 9.20. The topological polar surface area (TPSA) is 70.7 Å². The Morgan fingerprint density at radius 3 is 2.74 bits per heavy atom. The van der Waals surface area contributed by atoms with E-state index in [1.54, 1.807) is 7.11 Å². The van der Waals surface area contributed by atoms with Gasteiger partial charge in [-0.1, -0.05) is 0 Å². The number of ether oxygens (including phenoxy) is 1. The molecule has 1 aromatic carbocycles. The first-order valence-corrected chi connectivity index (χ1v) is 9.20. The molecular weight excluding hydrogens is 356 g/mol. The minimum atomic E-state index is -1.01. The van der Waals surface area contributed by atoms with Gasteiger partial charge in [0.15, 0.2) is 11.6 Å². The number of carbonyl (C=O) groups excluding carboxylic acids is 2. The molecule has 2 fully saturated rings. The van der Waals surface area contributed by atoms with Gasteiger partial charge < -0.3 is 20.3 Å². The minimum absolute atomic E-state index is 0.128. The molecule has 2 N–H and O–H groups in total. The van der Waals surface area contributed by atoms with E-state index in [2.05, 4.69) is 10.6 Å². The van der Waals surface area contributed by atoms with Crippen molar-refractivity contribution in [3.05, 3.63) is 29.8 Å². The summed E-state index contributed by atoms with van der Waals surface area (Å²) in [6.45, 7) is 3.04. The Balaban J connectivity index is 1.62. The Kier molecular flexibility index (Phi) is 6.06. The van der Waals surface area contributed by atoms with Crippen molar-refractivity contribution in [1.29, 1.82) is 0 Å². The highest BCUT2D eigenvalue weighted by molar-refractivity contribution is 6.09. The van der Waals surface area contributed by atoms with Gasteiger partial charge in [0.1, 0.15) is 5.92 Å². The van der Waals surface area contributed by atoms with E-state index in [9.17, 15) is 18.4 Å².